The van der Waals surface area contributed by atoms with Gasteiger partial charge in [0.1, 0.15) is 0 Å². The van der Waals surface area contributed by atoms with Crippen LogP contribution in [0.15, 0.2) is 42.7 Å². The summed E-state index contributed by atoms with van der Waals surface area (Å²) in [4.78, 5) is 31.1. The number of likely N-dealkylation sites (tertiary alicyclic amines) is 1. The molecule has 0 bridgehead atoms. The molecule has 1 aliphatic heterocycles. The third-order valence-electron chi connectivity index (χ3n) is 6.86. The fourth-order valence-electron chi connectivity index (χ4n) is 4.97. The van der Waals surface area contributed by atoms with Gasteiger partial charge in [0.05, 0.1) is 12.6 Å². The Bertz CT molecular complexity index is 1000. The van der Waals surface area contributed by atoms with E-state index in [0.717, 1.165) is 50.5 Å². The number of carbonyl (C=O) groups excluding carboxylic acids is 2. The number of nitrogens with one attached hydrogen (secondary N) is 3. The molecule has 1 aliphatic carbocycles. The topological polar surface area (TPSA) is 86.4 Å². The molecule has 1 aromatic carbocycles. The van der Waals surface area contributed by atoms with E-state index >= 15 is 0 Å². The number of rotatable bonds is 8. The van der Waals surface area contributed by atoms with Gasteiger partial charge < -0.3 is 16.0 Å². The number of halogens is 2. The Hall–Kier alpha value is -3.07. The number of aromatic nitrogens is 1. The van der Waals surface area contributed by atoms with Gasteiger partial charge in [-0.05, 0) is 55.4 Å². The highest BCUT2D eigenvalue weighted by Crippen LogP contribution is 2.38. The van der Waals surface area contributed by atoms with Gasteiger partial charge in [-0.3, -0.25) is 19.5 Å². The Labute approximate surface area is 198 Å². The van der Waals surface area contributed by atoms with Crippen LogP contribution in [0.4, 0.5) is 14.5 Å². The van der Waals surface area contributed by atoms with Crippen LogP contribution in [0.3, 0.4) is 0 Å². The van der Waals surface area contributed by atoms with Crippen LogP contribution in [-0.2, 0) is 4.79 Å². The van der Waals surface area contributed by atoms with Gasteiger partial charge in [0, 0.05) is 55.4 Å². The molecule has 2 heterocycles. The van der Waals surface area contributed by atoms with E-state index in [-0.39, 0.29) is 29.6 Å². The lowest BCUT2D eigenvalue weighted by atomic mass is 9.80. The summed E-state index contributed by atoms with van der Waals surface area (Å²) in [5, 5.41) is 8.70. The molecule has 1 saturated carbocycles. The summed E-state index contributed by atoms with van der Waals surface area (Å²) in [6, 6.07) is 7.88. The standard InChI is InChI=1S/C25H31F2N5O2/c1-28-22-9-10-29-12-21(22)16-5-7-20(8-6-16)32-14-19(15-32)31-23(33)13-30-25(34)18-4-2-3-17(11-18)24(26)27/h2-4,9-12,16,19-20,24H,5-8,13-15H2,1H3,(H,28,29)(H,30,34)(H,31,33). The van der Waals surface area contributed by atoms with E-state index in [0.29, 0.717) is 12.0 Å². The molecule has 2 aromatic rings. The lowest BCUT2D eigenvalue weighted by Crippen LogP contribution is -2.63. The average molecular weight is 472 g/mol. The Morgan fingerprint density at radius 1 is 1.15 bits per heavy atom. The van der Waals surface area contributed by atoms with Crippen LogP contribution in [0, 0.1) is 0 Å². The molecule has 34 heavy (non-hydrogen) atoms. The number of anilines is 1. The number of amides is 2. The largest absolute Gasteiger partial charge is 0.388 e. The maximum Gasteiger partial charge on any atom is 0.263 e. The SMILES string of the molecule is CNc1ccncc1C1CCC(N2CC(NC(=O)CNC(=O)c3cccc(C(F)F)c3)C2)CC1. The van der Waals surface area contributed by atoms with Crippen LogP contribution in [0.1, 0.15) is 59.5 Å². The quantitative estimate of drug-likeness (QED) is 0.550. The highest BCUT2D eigenvalue weighted by molar-refractivity contribution is 5.96. The van der Waals surface area contributed by atoms with E-state index < -0.39 is 12.3 Å². The van der Waals surface area contributed by atoms with Gasteiger partial charge in [-0.1, -0.05) is 12.1 Å². The van der Waals surface area contributed by atoms with Crippen LogP contribution in [-0.4, -0.2) is 60.5 Å². The number of hydrogen-bond donors (Lipinski definition) is 3. The second-order valence-electron chi connectivity index (χ2n) is 9.05. The van der Waals surface area contributed by atoms with Crippen LogP contribution in [0.25, 0.3) is 0 Å². The average Bonchev–Trinajstić information content (AvgIpc) is 2.84. The zero-order valence-electron chi connectivity index (χ0n) is 19.3. The van der Waals surface area contributed by atoms with Crippen LogP contribution >= 0.6 is 0 Å². The Morgan fingerprint density at radius 2 is 1.91 bits per heavy atom. The molecule has 3 N–H and O–H groups in total. The van der Waals surface area contributed by atoms with Crippen molar-refractivity contribution < 1.29 is 18.4 Å². The molecule has 2 aliphatic rings. The fraction of sp³-hybridized carbons (Fsp3) is 0.480. The Kier molecular flexibility index (Phi) is 7.72. The minimum Gasteiger partial charge on any atom is -0.388 e. The first kappa shape index (κ1) is 24.1. The molecule has 2 amide bonds. The molecule has 2 fully saturated rings. The first-order valence-corrected chi connectivity index (χ1v) is 11.8. The molecule has 0 radical (unpaired) electrons. The molecular formula is C25H31F2N5O2. The molecule has 4 rings (SSSR count). The van der Waals surface area contributed by atoms with Crippen molar-refractivity contribution in [1.29, 1.82) is 0 Å². The van der Waals surface area contributed by atoms with E-state index in [1.165, 1.54) is 23.8 Å². The van der Waals surface area contributed by atoms with Crippen LogP contribution in [0.2, 0.25) is 0 Å². The lowest BCUT2D eigenvalue weighted by Gasteiger charge is -2.46. The molecule has 1 saturated heterocycles. The van der Waals surface area contributed by atoms with Crippen molar-refractivity contribution in [2.24, 2.45) is 0 Å². The van der Waals surface area contributed by atoms with Gasteiger partial charge in [-0.2, -0.15) is 0 Å². The van der Waals surface area contributed by atoms with Crippen molar-refractivity contribution >= 4 is 17.5 Å². The second-order valence-corrected chi connectivity index (χ2v) is 9.05. The number of alkyl halides is 2. The minimum absolute atomic E-state index is 0.0681. The minimum atomic E-state index is -2.64. The first-order chi connectivity index (χ1) is 16.4. The van der Waals surface area contributed by atoms with Crippen LogP contribution in [0.5, 0.6) is 0 Å². The summed E-state index contributed by atoms with van der Waals surface area (Å²) >= 11 is 0. The van der Waals surface area contributed by atoms with E-state index in [1.54, 1.807) is 0 Å². The molecule has 0 atom stereocenters. The molecule has 7 nitrogen and oxygen atoms in total. The molecular weight excluding hydrogens is 440 g/mol. The van der Waals surface area contributed by atoms with Gasteiger partial charge in [-0.25, -0.2) is 8.78 Å². The van der Waals surface area contributed by atoms with Crippen molar-refractivity contribution in [2.45, 2.75) is 50.1 Å². The zero-order valence-corrected chi connectivity index (χ0v) is 19.3. The maximum absolute atomic E-state index is 12.8. The van der Waals surface area contributed by atoms with Crippen molar-refractivity contribution in [3.8, 4) is 0 Å². The monoisotopic (exact) mass is 471 g/mol. The summed E-state index contributed by atoms with van der Waals surface area (Å²) in [7, 11) is 1.94. The summed E-state index contributed by atoms with van der Waals surface area (Å²) in [6.07, 6.45) is 5.63. The molecule has 182 valence electrons. The van der Waals surface area contributed by atoms with Crippen molar-refractivity contribution in [1.82, 2.24) is 20.5 Å². The highest BCUT2D eigenvalue weighted by atomic mass is 19.3. The predicted octanol–water partition coefficient (Wildman–Crippen LogP) is 3.32. The first-order valence-electron chi connectivity index (χ1n) is 11.8. The molecule has 9 heteroatoms. The third-order valence-corrected chi connectivity index (χ3v) is 6.86. The summed E-state index contributed by atoms with van der Waals surface area (Å²) in [6.45, 7) is 1.43. The third kappa shape index (κ3) is 5.70. The molecule has 1 aromatic heterocycles. The molecule has 0 unspecified atom stereocenters. The van der Waals surface area contributed by atoms with E-state index in [4.69, 9.17) is 0 Å². The summed E-state index contributed by atoms with van der Waals surface area (Å²) in [5.41, 5.74) is 2.34. The zero-order chi connectivity index (χ0) is 24.1. The van der Waals surface area contributed by atoms with E-state index in [2.05, 4.69) is 25.8 Å². The normalized spacial score (nSPS) is 21.1. The van der Waals surface area contributed by atoms with Crippen molar-refractivity contribution in [3.63, 3.8) is 0 Å². The van der Waals surface area contributed by atoms with Gasteiger partial charge in [0.25, 0.3) is 12.3 Å². The summed E-state index contributed by atoms with van der Waals surface area (Å²) < 4.78 is 25.6. The Balaban J connectivity index is 1.16. The number of nitrogens with zero attached hydrogens (tertiary/aromatic N) is 2. The number of hydrogen-bond acceptors (Lipinski definition) is 5. The smallest absolute Gasteiger partial charge is 0.263 e. The maximum atomic E-state index is 12.8. The second kappa shape index (κ2) is 10.9. The van der Waals surface area contributed by atoms with Gasteiger partial charge in [-0.15, -0.1) is 0 Å². The van der Waals surface area contributed by atoms with Crippen LogP contribution < -0.4 is 16.0 Å². The Morgan fingerprint density at radius 3 is 2.62 bits per heavy atom. The number of benzene rings is 1. The molecule has 0 spiro atoms. The highest BCUT2D eigenvalue weighted by Gasteiger charge is 2.35. The van der Waals surface area contributed by atoms with Crippen molar-refractivity contribution in [2.75, 3.05) is 32.0 Å². The summed E-state index contributed by atoms with van der Waals surface area (Å²) in [5.74, 6) is -0.295. The van der Waals surface area contributed by atoms with Gasteiger partial charge >= 0.3 is 0 Å². The van der Waals surface area contributed by atoms with Crippen molar-refractivity contribution in [3.05, 3.63) is 59.4 Å². The lowest BCUT2D eigenvalue weighted by molar-refractivity contribution is -0.122. The number of pyridine rings is 1. The fourth-order valence-corrected chi connectivity index (χ4v) is 4.97. The van der Waals surface area contributed by atoms with Gasteiger partial charge in [0.15, 0.2) is 0 Å². The van der Waals surface area contributed by atoms with E-state index in [9.17, 15) is 18.4 Å². The predicted molar refractivity (Wildman–Crippen MR) is 126 cm³/mol. The van der Waals surface area contributed by atoms with E-state index in [1.807, 2.05) is 25.5 Å². The number of carbonyl (C=O) groups is 2. The van der Waals surface area contributed by atoms with Gasteiger partial charge in [0.2, 0.25) is 5.91 Å².